The van der Waals surface area contributed by atoms with Crippen LogP contribution in [0.15, 0.2) is 30.3 Å². The van der Waals surface area contributed by atoms with Crippen LogP contribution >= 0.6 is 0 Å². The molecule has 0 unspecified atom stereocenters. The number of amides is 1. The summed E-state index contributed by atoms with van der Waals surface area (Å²) >= 11 is 0. The van der Waals surface area contributed by atoms with E-state index < -0.39 is 0 Å². The second-order valence-electron chi connectivity index (χ2n) is 5.23. The number of likely N-dealkylation sites (tertiary alicyclic amines) is 1. The Labute approximate surface area is 120 Å². The van der Waals surface area contributed by atoms with Gasteiger partial charge in [0.25, 0.3) is 0 Å². The fourth-order valence-electron chi connectivity index (χ4n) is 2.56. The molecule has 1 aromatic rings. The zero-order valence-electron chi connectivity index (χ0n) is 12.0. The van der Waals surface area contributed by atoms with Crippen LogP contribution in [0.4, 0.5) is 0 Å². The first kappa shape index (κ1) is 15.0. The molecule has 0 atom stereocenters. The molecule has 0 aliphatic carbocycles. The normalized spacial score (nSPS) is 16.4. The smallest absolute Gasteiger partial charge is 0.222 e. The van der Waals surface area contributed by atoms with E-state index >= 15 is 0 Å². The number of benzene rings is 1. The molecule has 110 valence electrons. The first-order chi connectivity index (χ1) is 9.79. The molecule has 1 aliphatic rings. The summed E-state index contributed by atoms with van der Waals surface area (Å²) in [5, 5.41) is 0. The third kappa shape index (κ3) is 4.62. The first-order valence-electron chi connectivity index (χ1n) is 7.43. The number of rotatable bonds is 6. The van der Waals surface area contributed by atoms with Gasteiger partial charge in [0.2, 0.25) is 5.91 Å². The molecule has 1 fully saturated rings. The predicted molar refractivity (Wildman–Crippen MR) is 79.4 cm³/mol. The van der Waals surface area contributed by atoms with E-state index in [2.05, 4.69) is 12.1 Å². The molecule has 1 aliphatic heterocycles. The molecule has 20 heavy (non-hydrogen) atoms. The second kappa shape index (κ2) is 8.02. The van der Waals surface area contributed by atoms with Crippen molar-refractivity contribution in [2.24, 2.45) is 5.73 Å². The lowest BCUT2D eigenvalue weighted by atomic mass is 10.1. The number of aryl methyl sites for hydroxylation is 1. The van der Waals surface area contributed by atoms with Crippen molar-refractivity contribution in [2.75, 3.05) is 26.2 Å². The van der Waals surface area contributed by atoms with Crippen molar-refractivity contribution >= 4 is 5.91 Å². The molecule has 4 nitrogen and oxygen atoms in total. The van der Waals surface area contributed by atoms with E-state index in [4.69, 9.17) is 10.5 Å². The van der Waals surface area contributed by atoms with Gasteiger partial charge in [-0.1, -0.05) is 30.3 Å². The van der Waals surface area contributed by atoms with Gasteiger partial charge in [-0.25, -0.2) is 0 Å². The van der Waals surface area contributed by atoms with Crippen molar-refractivity contribution in [2.45, 2.75) is 31.8 Å². The highest BCUT2D eigenvalue weighted by Crippen LogP contribution is 2.15. The van der Waals surface area contributed by atoms with Crippen LogP contribution in [0.5, 0.6) is 0 Å². The quantitative estimate of drug-likeness (QED) is 0.858. The number of piperidine rings is 1. The number of carbonyl (C=O) groups excluding carboxylic acids is 1. The van der Waals surface area contributed by atoms with Gasteiger partial charge in [-0.05, 0) is 24.8 Å². The first-order valence-corrected chi connectivity index (χ1v) is 7.43. The van der Waals surface area contributed by atoms with Crippen molar-refractivity contribution in [3.05, 3.63) is 35.9 Å². The fraction of sp³-hybridized carbons (Fsp3) is 0.562. The Kier molecular flexibility index (Phi) is 6.02. The van der Waals surface area contributed by atoms with E-state index in [-0.39, 0.29) is 12.0 Å². The number of carbonyl (C=O) groups is 1. The number of hydrogen-bond acceptors (Lipinski definition) is 3. The molecule has 1 saturated heterocycles. The van der Waals surface area contributed by atoms with Crippen LogP contribution < -0.4 is 5.73 Å². The van der Waals surface area contributed by atoms with Gasteiger partial charge in [0, 0.05) is 26.1 Å². The molecule has 4 heteroatoms. The standard InChI is InChI=1S/C16H24N2O2/c17-10-13-20-15-8-11-18(12-9-15)16(19)7-6-14-4-2-1-3-5-14/h1-5,15H,6-13,17H2. The van der Waals surface area contributed by atoms with Crippen LogP contribution in [0, 0.1) is 0 Å². The van der Waals surface area contributed by atoms with Gasteiger partial charge < -0.3 is 15.4 Å². The molecule has 0 spiro atoms. The highest BCUT2D eigenvalue weighted by molar-refractivity contribution is 5.76. The van der Waals surface area contributed by atoms with Gasteiger partial charge in [0.15, 0.2) is 0 Å². The Morgan fingerprint density at radius 1 is 1.25 bits per heavy atom. The van der Waals surface area contributed by atoms with E-state index in [1.807, 2.05) is 23.1 Å². The lowest BCUT2D eigenvalue weighted by Gasteiger charge is -2.32. The highest BCUT2D eigenvalue weighted by Gasteiger charge is 2.22. The van der Waals surface area contributed by atoms with Crippen LogP contribution in [0.25, 0.3) is 0 Å². The van der Waals surface area contributed by atoms with Crippen molar-refractivity contribution in [3.63, 3.8) is 0 Å². The summed E-state index contributed by atoms with van der Waals surface area (Å²) in [5.41, 5.74) is 6.65. The van der Waals surface area contributed by atoms with Gasteiger partial charge >= 0.3 is 0 Å². The fourth-order valence-corrected chi connectivity index (χ4v) is 2.56. The van der Waals surface area contributed by atoms with Crippen LogP contribution in [0.2, 0.25) is 0 Å². The maximum atomic E-state index is 12.2. The second-order valence-corrected chi connectivity index (χ2v) is 5.23. The maximum Gasteiger partial charge on any atom is 0.222 e. The van der Waals surface area contributed by atoms with Crippen molar-refractivity contribution in [1.29, 1.82) is 0 Å². The van der Waals surface area contributed by atoms with E-state index in [9.17, 15) is 4.79 Å². The monoisotopic (exact) mass is 276 g/mol. The van der Waals surface area contributed by atoms with Crippen molar-refractivity contribution in [3.8, 4) is 0 Å². The highest BCUT2D eigenvalue weighted by atomic mass is 16.5. The molecular weight excluding hydrogens is 252 g/mol. The summed E-state index contributed by atoms with van der Waals surface area (Å²) in [4.78, 5) is 14.1. The molecule has 2 rings (SSSR count). The molecule has 1 heterocycles. The SMILES string of the molecule is NCCOC1CCN(C(=O)CCc2ccccc2)CC1. The van der Waals surface area contributed by atoms with E-state index in [1.54, 1.807) is 0 Å². The minimum Gasteiger partial charge on any atom is -0.377 e. The van der Waals surface area contributed by atoms with Crippen LogP contribution in [0.1, 0.15) is 24.8 Å². The molecule has 2 N–H and O–H groups in total. The summed E-state index contributed by atoms with van der Waals surface area (Å²) in [5.74, 6) is 0.256. The Bertz CT molecular complexity index is 400. The molecule has 0 saturated carbocycles. The molecule has 0 aromatic heterocycles. The summed E-state index contributed by atoms with van der Waals surface area (Å²) in [6, 6.07) is 10.2. The van der Waals surface area contributed by atoms with Crippen LogP contribution in [-0.4, -0.2) is 43.2 Å². The minimum atomic E-state index is 0.256. The van der Waals surface area contributed by atoms with Gasteiger partial charge in [0.05, 0.1) is 12.7 Å². The topological polar surface area (TPSA) is 55.6 Å². The summed E-state index contributed by atoms with van der Waals surface area (Å²) < 4.78 is 5.63. The molecular formula is C16H24N2O2. The average Bonchev–Trinajstić information content (AvgIpc) is 2.52. The van der Waals surface area contributed by atoms with Gasteiger partial charge in [0.1, 0.15) is 0 Å². The van der Waals surface area contributed by atoms with Crippen molar-refractivity contribution < 1.29 is 9.53 Å². The number of nitrogens with zero attached hydrogens (tertiary/aromatic N) is 1. The molecule has 0 radical (unpaired) electrons. The third-order valence-corrected chi connectivity index (χ3v) is 3.74. The van der Waals surface area contributed by atoms with E-state index in [0.717, 1.165) is 32.4 Å². The average molecular weight is 276 g/mol. The van der Waals surface area contributed by atoms with Crippen LogP contribution in [-0.2, 0) is 16.0 Å². The maximum absolute atomic E-state index is 12.2. The number of nitrogens with two attached hydrogens (primary N) is 1. The van der Waals surface area contributed by atoms with Gasteiger partial charge in [-0.2, -0.15) is 0 Å². The Morgan fingerprint density at radius 3 is 2.60 bits per heavy atom. The Morgan fingerprint density at radius 2 is 1.95 bits per heavy atom. The van der Waals surface area contributed by atoms with Crippen LogP contribution in [0.3, 0.4) is 0 Å². The lowest BCUT2D eigenvalue weighted by Crippen LogP contribution is -2.41. The van der Waals surface area contributed by atoms with E-state index in [0.29, 0.717) is 19.6 Å². The van der Waals surface area contributed by atoms with Gasteiger partial charge in [-0.15, -0.1) is 0 Å². The summed E-state index contributed by atoms with van der Waals surface area (Å²) in [6.07, 6.45) is 3.55. The third-order valence-electron chi connectivity index (χ3n) is 3.74. The van der Waals surface area contributed by atoms with E-state index in [1.165, 1.54) is 5.56 Å². The largest absolute Gasteiger partial charge is 0.377 e. The molecule has 1 aromatic carbocycles. The Balaban J connectivity index is 1.69. The summed E-state index contributed by atoms with van der Waals surface area (Å²) in [6.45, 7) is 2.80. The number of hydrogen-bond donors (Lipinski definition) is 1. The lowest BCUT2D eigenvalue weighted by molar-refractivity contribution is -0.133. The predicted octanol–water partition coefficient (Wildman–Crippen LogP) is 1.59. The molecule has 0 bridgehead atoms. The van der Waals surface area contributed by atoms with Gasteiger partial charge in [-0.3, -0.25) is 4.79 Å². The van der Waals surface area contributed by atoms with Crippen molar-refractivity contribution in [1.82, 2.24) is 4.90 Å². The zero-order chi connectivity index (χ0) is 14.2. The molecule has 1 amide bonds. The minimum absolute atomic E-state index is 0.256. The zero-order valence-corrected chi connectivity index (χ0v) is 12.0. The number of ether oxygens (including phenoxy) is 1. The Hall–Kier alpha value is -1.39. The summed E-state index contributed by atoms with van der Waals surface area (Å²) in [7, 11) is 0.